The zero-order valence-electron chi connectivity index (χ0n) is 51.9. The van der Waals surface area contributed by atoms with Crippen molar-refractivity contribution in [3.05, 3.63) is 72.9 Å². The number of unbranched alkanes of at least 4 members (excludes halogenated alkanes) is 39. The summed E-state index contributed by atoms with van der Waals surface area (Å²) in [5.41, 5.74) is 0. The van der Waals surface area contributed by atoms with Crippen LogP contribution in [0.15, 0.2) is 72.9 Å². The van der Waals surface area contributed by atoms with Gasteiger partial charge in [-0.1, -0.05) is 293 Å². The summed E-state index contributed by atoms with van der Waals surface area (Å²) in [5, 5.41) is 0. The minimum atomic E-state index is -0.779. The summed E-state index contributed by atoms with van der Waals surface area (Å²) in [4.78, 5) is 38.3. The molecule has 0 aliphatic rings. The Morgan fingerprint density at radius 1 is 0.269 bits per heavy atom. The SMILES string of the molecule is CC/C=C\C/C=C\C/C=C\C/C=C\CCCCCCCCCCCCCCCCCCC(=O)OCC(COC(=O)CCCCCCC/C=C\CCCCC)OC(=O)CCCCCCCCCCC/C=C\CCCCCCCC. The van der Waals surface area contributed by atoms with Gasteiger partial charge in [-0.2, -0.15) is 0 Å². The Kier molecular flexibility index (Phi) is 63.7. The first-order valence-corrected chi connectivity index (χ1v) is 33.9. The van der Waals surface area contributed by atoms with Crippen molar-refractivity contribution in [1.82, 2.24) is 0 Å². The molecule has 1 atom stereocenters. The second kappa shape index (κ2) is 66.4. The van der Waals surface area contributed by atoms with Gasteiger partial charge in [-0.3, -0.25) is 14.4 Å². The van der Waals surface area contributed by atoms with Gasteiger partial charge in [0.25, 0.3) is 0 Å². The van der Waals surface area contributed by atoms with Gasteiger partial charge in [0.2, 0.25) is 0 Å². The highest BCUT2D eigenvalue weighted by molar-refractivity contribution is 5.71. The van der Waals surface area contributed by atoms with Crippen molar-refractivity contribution in [3.63, 3.8) is 0 Å². The molecule has 6 nitrogen and oxygen atoms in total. The molecule has 0 rings (SSSR count). The molecule has 0 radical (unpaired) electrons. The number of rotatable bonds is 62. The van der Waals surface area contributed by atoms with Crippen molar-refractivity contribution in [2.45, 2.75) is 354 Å². The largest absolute Gasteiger partial charge is 0.462 e. The van der Waals surface area contributed by atoms with E-state index in [2.05, 4.69) is 93.7 Å². The number of carbonyl (C=O) groups is 3. The predicted octanol–water partition coefficient (Wildman–Crippen LogP) is 23.3. The van der Waals surface area contributed by atoms with Gasteiger partial charge < -0.3 is 14.2 Å². The molecule has 1 unspecified atom stereocenters. The highest BCUT2D eigenvalue weighted by Gasteiger charge is 2.19. The zero-order valence-corrected chi connectivity index (χ0v) is 51.9. The molecule has 0 spiro atoms. The van der Waals surface area contributed by atoms with Crippen LogP contribution in [0.5, 0.6) is 0 Å². The monoisotopic (exact) mass is 1090 g/mol. The van der Waals surface area contributed by atoms with E-state index in [-0.39, 0.29) is 31.1 Å². The Morgan fingerprint density at radius 2 is 0.500 bits per heavy atom. The van der Waals surface area contributed by atoms with E-state index in [1.54, 1.807) is 0 Å². The van der Waals surface area contributed by atoms with Crippen LogP contribution in [0.4, 0.5) is 0 Å². The molecule has 0 aromatic carbocycles. The maximum atomic E-state index is 12.9. The Morgan fingerprint density at radius 3 is 0.821 bits per heavy atom. The minimum absolute atomic E-state index is 0.0753. The van der Waals surface area contributed by atoms with Crippen molar-refractivity contribution < 1.29 is 28.6 Å². The molecular formula is C72H128O6. The van der Waals surface area contributed by atoms with E-state index < -0.39 is 6.10 Å². The first-order chi connectivity index (χ1) is 38.5. The second-order valence-corrected chi connectivity index (χ2v) is 22.7. The molecule has 0 heterocycles. The average molecular weight is 1090 g/mol. The molecule has 0 fully saturated rings. The summed E-state index contributed by atoms with van der Waals surface area (Å²) in [5.74, 6) is -0.869. The topological polar surface area (TPSA) is 78.9 Å². The van der Waals surface area contributed by atoms with Gasteiger partial charge in [0.1, 0.15) is 13.2 Å². The first kappa shape index (κ1) is 74.8. The third kappa shape index (κ3) is 63.7. The third-order valence-electron chi connectivity index (χ3n) is 14.9. The number of ether oxygens (including phenoxy) is 3. The summed E-state index contributed by atoms with van der Waals surface area (Å²) < 4.78 is 16.9. The van der Waals surface area contributed by atoms with Gasteiger partial charge in [0, 0.05) is 19.3 Å². The maximum absolute atomic E-state index is 12.9. The van der Waals surface area contributed by atoms with Crippen LogP contribution in [-0.2, 0) is 28.6 Å². The van der Waals surface area contributed by atoms with Gasteiger partial charge in [0.05, 0.1) is 0 Å². The van der Waals surface area contributed by atoms with E-state index in [4.69, 9.17) is 14.2 Å². The number of hydrogen-bond donors (Lipinski definition) is 0. The smallest absolute Gasteiger partial charge is 0.306 e. The van der Waals surface area contributed by atoms with Gasteiger partial charge in [-0.25, -0.2) is 0 Å². The molecule has 452 valence electrons. The lowest BCUT2D eigenvalue weighted by Gasteiger charge is -2.18. The molecule has 0 saturated carbocycles. The van der Waals surface area contributed by atoms with E-state index in [9.17, 15) is 14.4 Å². The molecule has 0 aromatic heterocycles. The first-order valence-electron chi connectivity index (χ1n) is 33.9. The van der Waals surface area contributed by atoms with Crippen LogP contribution in [0.3, 0.4) is 0 Å². The molecule has 6 heteroatoms. The lowest BCUT2D eigenvalue weighted by molar-refractivity contribution is -0.167. The number of esters is 3. The molecule has 78 heavy (non-hydrogen) atoms. The fourth-order valence-corrected chi connectivity index (χ4v) is 9.84. The Labute approximate surface area is 484 Å². The highest BCUT2D eigenvalue weighted by Crippen LogP contribution is 2.17. The average Bonchev–Trinajstić information content (AvgIpc) is 3.44. The number of hydrogen-bond acceptors (Lipinski definition) is 6. The van der Waals surface area contributed by atoms with Crippen molar-refractivity contribution in [2.75, 3.05) is 13.2 Å². The van der Waals surface area contributed by atoms with Gasteiger partial charge >= 0.3 is 17.9 Å². The fraction of sp³-hybridized carbons (Fsp3) is 0.792. The summed E-state index contributed by atoms with van der Waals surface area (Å²) >= 11 is 0. The Hall–Kier alpha value is -3.15. The summed E-state index contributed by atoms with van der Waals surface area (Å²) in [6, 6.07) is 0. The molecule has 0 aliphatic heterocycles. The van der Waals surface area contributed by atoms with E-state index in [1.165, 1.54) is 218 Å². The van der Waals surface area contributed by atoms with Gasteiger partial charge in [-0.05, 0) is 109 Å². The lowest BCUT2D eigenvalue weighted by Crippen LogP contribution is -2.30. The van der Waals surface area contributed by atoms with Crippen LogP contribution in [0.2, 0.25) is 0 Å². The van der Waals surface area contributed by atoms with E-state index >= 15 is 0 Å². The van der Waals surface area contributed by atoms with Gasteiger partial charge in [-0.15, -0.1) is 0 Å². The van der Waals surface area contributed by atoms with Crippen LogP contribution in [-0.4, -0.2) is 37.2 Å². The molecule has 0 aliphatic carbocycles. The summed E-state index contributed by atoms with van der Waals surface area (Å²) in [6.07, 6.45) is 86.4. The Balaban J connectivity index is 4.20. The molecule has 0 saturated heterocycles. The van der Waals surface area contributed by atoms with Crippen LogP contribution < -0.4 is 0 Å². The zero-order chi connectivity index (χ0) is 56.4. The maximum Gasteiger partial charge on any atom is 0.306 e. The molecule has 0 bridgehead atoms. The van der Waals surface area contributed by atoms with Crippen LogP contribution in [0, 0.1) is 0 Å². The molecular weight excluding hydrogens is 961 g/mol. The van der Waals surface area contributed by atoms with Crippen molar-refractivity contribution in [1.29, 1.82) is 0 Å². The predicted molar refractivity (Wildman–Crippen MR) is 339 cm³/mol. The van der Waals surface area contributed by atoms with Crippen LogP contribution in [0.1, 0.15) is 348 Å². The molecule has 0 aromatic rings. The third-order valence-corrected chi connectivity index (χ3v) is 14.9. The van der Waals surface area contributed by atoms with E-state index in [1.807, 2.05) is 0 Å². The summed E-state index contributed by atoms with van der Waals surface area (Å²) in [6.45, 7) is 6.54. The van der Waals surface area contributed by atoms with Crippen molar-refractivity contribution in [2.24, 2.45) is 0 Å². The van der Waals surface area contributed by atoms with Crippen molar-refractivity contribution in [3.8, 4) is 0 Å². The number of allylic oxidation sites excluding steroid dienone is 12. The van der Waals surface area contributed by atoms with Crippen LogP contribution >= 0.6 is 0 Å². The lowest BCUT2D eigenvalue weighted by atomic mass is 10.0. The standard InChI is InChI=1S/C72H128O6/c1-4-7-10-13-16-19-22-25-27-29-31-32-33-34-35-36-37-38-39-40-42-43-45-47-50-53-56-59-62-65-71(74)77-68-69(67-76-70(73)64-61-58-55-52-49-24-21-18-15-12-9-6-3)78-72(75)66-63-60-57-54-51-48-46-44-41-30-28-26-23-20-17-14-11-8-5-2/h7,10,16,18-19,21,25-28,31-32,69H,4-6,8-9,11-15,17,20,22-24,29-30,33-68H2,1-3H3/b10-7-,19-16-,21-18-,27-25-,28-26-,32-31-. The highest BCUT2D eigenvalue weighted by atomic mass is 16.6. The summed E-state index contributed by atoms with van der Waals surface area (Å²) in [7, 11) is 0. The normalized spacial score (nSPS) is 12.5. The Bertz CT molecular complexity index is 1440. The second-order valence-electron chi connectivity index (χ2n) is 22.7. The molecule has 0 amide bonds. The van der Waals surface area contributed by atoms with E-state index in [0.717, 1.165) is 89.9 Å². The minimum Gasteiger partial charge on any atom is -0.462 e. The van der Waals surface area contributed by atoms with Crippen LogP contribution in [0.25, 0.3) is 0 Å². The van der Waals surface area contributed by atoms with Gasteiger partial charge in [0.15, 0.2) is 6.10 Å². The quantitative estimate of drug-likeness (QED) is 0.0261. The van der Waals surface area contributed by atoms with E-state index in [0.29, 0.717) is 19.3 Å². The number of carbonyl (C=O) groups excluding carboxylic acids is 3. The molecule has 0 N–H and O–H groups in total. The fourth-order valence-electron chi connectivity index (χ4n) is 9.84. The van der Waals surface area contributed by atoms with Crippen molar-refractivity contribution >= 4 is 17.9 Å².